The van der Waals surface area contributed by atoms with E-state index in [1.807, 2.05) is 0 Å². The summed E-state index contributed by atoms with van der Waals surface area (Å²) in [6.45, 7) is 4.23. The lowest BCUT2D eigenvalue weighted by Crippen LogP contribution is -2.39. The van der Waals surface area contributed by atoms with E-state index in [4.69, 9.17) is 0 Å². The Bertz CT molecular complexity index is 1170. The summed E-state index contributed by atoms with van der Waals surface area (Å²) < 4.78 is 26.6. The van der Waals surface area contributed by atoms with Gasteiger partial charge in [0.15, 0.2) is 0 Å². The van der Waals surface area contributed by atoms with E-state index in [-0.39, 0.29) is 10.5 Å². The molecule has 0 saturated carbocycles. The molecule has 0 bridgehead atoms. The zero-order chi connectivity index (χ0) is 24.3. The highest BCUT2D eigenvalue weighted by Crippen LogP contribution is 2.39. The van der Waals surface area contributed by atoms with E-state index < -0.39 is 27.9 Å². The number of benzene rings is 1. The first-order chi connectivity index (χ1) is 15.6. The Balaban J connectivity index is 1.84. The summed E-state index contributed by atoms with van der Waals surface area (Å²) in [5.74, 6) is -1.02. The van der Waals surface area contributed by atoms with Gasteiger partial charge in [-0.1, -0.05) is 13.8 Å². The van der Waals surface area contributed by atoms with Crippen molar-refractivity contribution in [3.05, 3.63) is 45.8 Å². The minimum Gasteiger partial charge on any atom is -0.331 e. The van der Waals surface area contributed by atoms with Crippen LogP contribution in [0.25, 0.3) is 0 Å². The van der Waals surface area contributed by atoms with Crippen LogP contribution < -0.4 is 10.6 Å². The zero-order valence-corrected chi connectivity index (χ0v) is 20.7. The second kappa shape index (κ2) is 10.0. The summed E-state index contributed by atoms with van der Waals surface area (Å²) in [5, 5.41) is 5.50. The van der Waals surface area contributed by atoms with Crippen LogP contribution in [0.5, 0.6) is 0 Å². The molecule has 0 saturated heterocycles. The van der Waals surface area contributed by atoms with E-state index in [9.17, 15) is 22.8 Å². The number of hydrogen-bond acceptors (Lipinski definition) is 6. The van der Waals surface area contributed by atoms with Crippen LogP contribution in [-0.4, -0.2) is 62.7 Å². The van der Waals surface area contributed by atoms with Crippen molar-refractivity contribution in [1.29, 1.82) is 0 Å². The maximum Gasteiger partial charge on any atom is 0.323 e. The highest BCUT2D eigenvalue weighted by Gasteiger charge is 2.29. The number of hydrogen-bond donors (Lipinski definition) is 2. The third-order valence-corrected chi connectivity index (χ3v) is 8.73. The largest absolute Gasteiger partial charge is 0.331 e. The average Bonchev–Trinajstić information content (AvgIpc) is 3.35. The van der Waals surface area contributed by atoms with Crippen LogP contribution in [0.3, 0.4) is 0 Å². The third kappa shape index (κ3) is 5.10. The van der Waals surface area contributed by atoms with Crippen molar-refractivity contribution in [1.82, 2.24) is 14.5 Å². The van der Waals surface area contributed by atoms with Crippen LogP contribution in [0.1, 0.15) is 51.4 Å². The number of urea groups is 1. The molecule has 0 atom stereocenters. The van der Waals surface area contributed by atoms with Gasteiger partial charge in [-0.25, -0.2) is 13.2 Å². The second-order valence-electron chi connectivity index (χ2n) is 7.78. The van der Waals surface area contributed by atoms with Gasteiger partial charge in [-0.15, -0.1) is 11.3 Å². The number of sulfonamides is 1. The molecule has 0 radical (unpaired) electrons. The van der Waals surface area contributed by atoms with Crippen LogP contribution in [-0.2, 0) is 22.9 Å². The van der Waals surface area contributed by atoms with Gasteiger partial charge in [0.25, 0.3) is 11.8 Å². The number of nitrogens with zero attached hydrogens (tertiary/aromatic N) is 2. The quantitative estimate of drug-likeness (QED) is 0.617. The van der Waals surface area contributed by atoms with Gasteiger partial charge in [-0.2, -0.15) is 4.31 Å². The average molecular weight is 493 g/mol. The van der Waals surface area contributed by atoms with E-state index in [0.717, 1.165) is 23.3 Å². The summed E-state index contributed by atoms with van der Waals surface area (Å²) >= 11 is 1.33. The minimum atomic E-state index is -3.62. The number of aryl methyl sites for hydroxylation is 1. The lowest BCUT2D eigenvalue weighted by molar-refractivity contribution is 0.0957. The number of rotatable bonds is 7. The summed E-state index contributed by atoms with van der Waals surface area (Å²) in [7, 11) is -0.552. The minimum absolute atomic E-state index is 0.111. The SMILES string of the molecule is CCN(CC)S(=O)(=O)c1ccc(C(=O)Nc2sc3c(c2C(=O)NC(=O)N(C)C)CCC3)cc1. The molecule has 33 heavy (non-hydrogen) atoms. The van der Waals surface area contributed by atoms with E-state index in [0.29, 0.717) is 30.1 Å². The molecule has 4 amide bonds. The monoisotopic (exact) mass is 492 g/mol. The molecule has 11 heteroatoms. The highest BCUT2D eigenvalue weighted by molar-refractivity contribution is 7.89. The fraction of sp³-hybridized carbons (Fsp3) is 0.409. The van der Waals surface area contributed by atoms with Crippen LogP contribution in [0.4, 0.5) is 9.80 Å². The maximum absolute atomic E-state index is 12.9. The Kier molecular flexibility index (Phi) is 7.55. The molecule has 2 N–H and O–H groups in total. The van der Waals surface area contributed by atoms with E-state index in [1.54, 1.807) is 13.8 Å². The third-order valence-electron chi connectivity index (χ3n) is 5.46. The van der Waals surface area contributed by atoms with Gasteiger partial charge >= 0.3 is 6.03 Å². The molecule has 1 aliphatic rings. The molecule has 9 nitrogen and oxygen atoms in total. The highest BCUT2D eigenvalue weighted by atomic mass is 32.2. The topological polar surface area (TPSA) is 116 Å². The van der Waals surface area contributed by atoms with Crippen molar-refractivity contribution < 1.29 is 22.8 Å². The van der Waals surface area contributed by atoms with Gasteiger partial charge in [-0.05, 0) is 49.1 Å². The molecule has 0 aliphatic heterocycles. The summed E-state index contributed by atoms with van der Waals surface area (Å²) in [4.78, 5) is 40.1. The number of imide groups is 1. The standard InChI is InChI=1S/C22H28N4O5S2/c1-5-26(6-2)33(30,31)15-12-10-14(11-13-15)19(27)23-21-18(16-8-7-9-17(16)32-21)20(28)24-22(29)25(3)4/h10-13H,5-9H2,1-4H3,(H,23,27)(H,24,28,29). The predicted molar refractivity (Wildman–Crippen MR) is 127 cm³/mol. The summed E-state index contributed by atoms with van der Waals surface area (Å²) in [6, 6.07) is 5.16. The first kappa shape index (κ1) is 24.9. The van der Waals surface area contributed by atoms with Crippen LogP contribution in [0.15, 0.2) is 29.2 Å². The molecule has 178 valence electrons. The van der Waals surface area contributed by atoms with Crippen LogP contribution in [0, 0.1) is 0 Å². The molecule has 3 rings (SSSR count). The molecule has 2 aromatic rings. The molecular formula is C22H28N4O5S2. The number of fused-ring (bicyclic) bond motifs is 1. The molecular weight excluding hydrogens is 464 g/mol. The second-order valence-corrected chi connectivity index (χ2v) is 10.8. The van der Waals surface area contributed by atoms with Crippen molar-refractivity contribution >= 4 is 44.2 Å². The van der Waals surface area contributed by atoms with Crippen molar-refractivity contribution in [2.45, 2.75) is 38.0 Å². The number of nitrogens with one attached hydrogen (secondary N) is 2. The van der Waals surface area contributed by atoms with Crippen molar-refractivity contribution in [3.8, 4) is 0 Å². The molecule has 1 aromatic carbocycles. The van der Waals surface area contributed by atoms with E-state index in [1.165, 1.54) is 58.9 Å². The number of thiophene rings is 1. The van der Waals surface area contributed by atoms with Crippen LogP contribution in [0.2, 0.25) is 0 Å². The Hall–Kier alpha value is -2.76. The molecule has 1 heterocycles. The Labute approximate surface area is 197 Å². The maximum atomic E-state index is 12.9. The fourth-order valence-corrected chi connectivity index (χ4v) is 6.41. The van der Waals surface area contributed by atoms with Gasteiger partial charge in [0.1, 0.15) is 5.00 Å². The van der Waals surface area contributed by atoms with E-state index in [2.05, 4.69) is 10.6 Å². The van der Waals surface area contributed by atoms with Gasteiger partial charge in [0, 0.05) is 37.6 Å². The van der Waals surface area contributed by atoms with Crippen molar-refractivity contribution in [3.63, 3.8) is 0 Å². The Morgan fingerprint density at radius 2 is 1.64 bits per heavy atom. The Morgan fingerprint density at radius 1 is 1.00 bits per heavy atom. The first-order valence-corrected chi connectivity index (χ1v) is 12.9. The number of amides is 4. The predicted octanol–water partition coefficient (Wildman–Crippen LogP) is 2.93. The lowest BCUT2D eigenvalue weighted by atomic mass is 10.1. The smallest absolute Gasteiger partial charge is 0.323 e. The van der Waals surface area contributed by atoms with Crippen LogP contribution >= 0.6 is 11.3 Å². The fourth-order valence-electron chi connectivity index (χ4n) is 3.67. The summed E-state index contributed by atoms with van der Waals surface area (Å²) in [6.07, 6.45) is 2.44. The molecule has 0 spiro atoms. The summed E-state index contributed by atoms with van der Waals surface area (Å²) in [5.41, 5.74) is 1.44. The zero-order valence-electron chi connectivity index (χ0n) is 19.1. The molecule has 1 aromatic heterocycles. The van der Waals surface area contributed by atoms with E-state index >= 15 is 0 Å². The first-order valence-electron chi connectivity index (χ1n) is 10.7. The normalized spacial score (nSPS) is 13.0. The Morgan fingerprint density at radius 3 is 2.21 bits per heavy atom. The van der Waals surface area contributed by atoms with Gasteiger partial charge < -0.3 is 10.2 Å². The molecule has 0 unspecified atom stereocenters. The number of carbonyl (C=O) groups is 3. The van der Waals surface area contributed by atoms with Gasteiger partial charge in [0.2, 0.25) is 10.0 Å². The van der Waals surface area contributed by atoms with Crippen molar-refractivity contribution in [2.75, 3.05) is 32.5 Å². The molecule has 1 aliphatic carbocycles. The lowest BCUT2D eigenvalue weighted by Gasteiger charge is -2.18. The molecule has 0 fully saturated rings. The van der Waals surface area contributed by atoms with Gasteiger partial charge in [-0.3, -0.25) is 14.9 Å². The van der Waals surface area contributed by atoms with Crippen molar-refractivity contribution in [2.24, 2.45) is 0 Å². The number of carbonyl (C=O) groups excluding carboxylic acids is 3. The van der Waals surface area contributed by atoms with Gasteiger partial charge in [0.05, 0.1) is 10.5 Å². The number of anilines is 1.